The number of halogens is 3. The summed E-state index contributed by atoms with van der Waals surface area (Å²) < 4.78 is 38.5. The zero-order valence-electron chi connectivity index (χ0n) is 15.8. The van der Waals surface area contributed by atoms with E-state index < -0.39 is 35.3 Å². The standard InChI is InChI=1S/C21H17F3N2O3S/c1-2-13-6-8-16(9-7-13)25-18(27)12-26-19(28)17(30-20(26)29)11-14-4-3-5-15(10-14)21(22,23)24/h3-11H,2,12H2,1H3,(H,25,27). The van der Waals surface area contributed by atoms with Gasteiger partial charge in [0, 0.05) is 5.69 Å². The molecule has 0 spiro atoms. The van der Waals surface area contributed by atoms with Gasteiger partial charge in [-0.1, -0.05) is 31.2 Å². The molecule has 2 aromatic carbocycles. The van der Waals surface area contributed by atoms with Gasteiger partial charge in [0.1, 0.15) is 6.54 Å². The minimum Gasteiger partial charge on any atom is -0.325 e. The maximum atomic E-state index is 12.8. The summed E-state index contributed by atoms with van der Waals surface area (Å²) in [6, 6.07) is 11.6. The monoisotopic (exact) mass is 434 g/mol. The van der Waals surface area contributed by atoms with E-state index in [0.29, 0.717) is 17.4 Å². The van der Waals surface area contributed by atoms with Crippen LogP contribution in [-0.4, -0.2) is 28.5 Å². The van der Waals surface area contributed by atoms with Crippen LogP contribution in [0.15, 0.2) is 53.4 Å². The molecule has 1 N–H and O–H groups in total. The molecule has 1 heterocycles. The van der Waals surface area contributed by atoms with E-state index in [9.17, 15) is 27.6 Å². The van der Waals surface area contributed by atoms with Crippen molar-refractivity contribution in [3.8, 4) is 0 Å². The van der Waals surface area contributed by atoms with Crippen LogP contribution in [0.1, 0.15) is 23.6 Å². The number of imide groups is 1. The molecule has 0 aliphatic carbocycles. The highest BCUT2D eigenvalue weighted by Crippen LogP contribution is 2.34. The predicted octanol–water partition coefficient (Wildman–Crippen LogP) is 4.94. The van der Waals surface area contributed by atoms with E-state index in [1.54, 1.807) is 12.1 Å². The molecule has 2 aromatic rings. The minimum atomic E-state index is -4.52. The molecule has 0 saturated carbocycles. The lowest BCUT2D eigenvalue weighted by Gasteiger charge is -2.12. The first kappa shape index (κ1) is 21.6. The van der Waals surface area contributed by atoms with Crippen LogP contribution in [0.25, 0.3) is 6.08 Å². The number of alkyl halides is 3. The molecule has 3 amide bonds. The number of nitrogens with one attached hydrogen (secondary N) is 1. The summed E-state index contributed by atoms with van der Waals surface area (Å²) >= 11 is 0.580. The molecular weight excluding hydrogens is 417 g/mol. The fourth-order valence-electron chi connectivity index (χ4n) is 2.76. The van der Waals surface area contributed by atoms with Crippen molar-refractivity contribution < 1.29 is 27.6 Å². The smallest absolute Gasteiger partial charge is 0.325 e. The van der Waals surface area contributed by atoms with Crippen molar-refractivity contribution in [3.63, 3.8) is 0 Å². The number of rotatable bonds is 5. The van der Waals surface area contributed by atoms with Gasteiger partial charge in [0.05, 0.1) is 10.5 Å². The van der Waals surface area contributed by atoms with Crippen LogP contribution in [-0.2, 0) is 22.2 Å². The van der Waals surface area contributed by atoms with Crippen molar-refractivity contribution in [1.29, 1.82) is 0 Å². The topological polar surface area (TPSA) is 66.5 Å². The molecule has 1 aliphatic heterocycles. The predicted molar refractivity (Wildman–Crippen MR) is 109 cm³/mol. The van der Waals surface area contributed by atoms with Gasteiger partial charge in [0.2, 0.25) is 5.91 Å². The third-order valence-electron chi connectivity index (χ3n) is 4.33. The fraction of sp³-hybridized carbons (Fsp3) is 0.190. The van der Waals surface area contributed by atoms with Crippen molar-refractivity contribution >= 4 is 40.6 Å². The number of benzene rings is 2. The van der Waals surface area contributed by atoms with Gasteiger partial charge in [0.15, 0.2) is 0 Å². The molecule has 5 nitrogen and oxygen atoms in total. The molecule has 0 atom stereocenters. The molecule has 0 aromatic heterocycles. The Bertz CT molecular complexity index is 1020. The van der Waals surface area contributed by atoms with Gasteiger partial charge >= 0.3 is 6.18 Å². The minimum absolute atomic E-state index is 0.0422. The van der Waals surface area contributed by atoms with Gasteiger partial charge < -0.3 is 5.32 Å². The molecule has 3 rings (SSSR count). The Morgan fingerprint density at radius 3 is 2.47 bits per heavy atom. The lowest BCUT2D eigenvalue weighted by Crippen LogP contribution is -2.36. The molecule has 0 unspecified atom stereocenters. The first-order chi connectivity index (χ1) is 14.2. The lowest BCUT2D eigenvalue weighted by atomic mass is 10.1. The Labute approximate surface area is 174 Å². The summed E-state index contributed by atoms with van der Waals surface area (Å²) in [5.41, 5.74) is 0.905. The van der Waals surface area contributed by atoms with Crippen molar-refractivity contribution in [2.75, 3.05) is 11.9 Å². The van der Waals surface area contributed by atoms with Crippen LogP contribution in [0, 0.1) is 0 Å². The highest BCUT2D eigenvalue weighted by atomic mass is 32.2. The summed E-state index contributed by atoms with van der Waals surface area (Å²) in [4.78, 5) is 37.6. The Hall–Kier alpha value is -3.07. The summed E-state index contributed by atoms with van der Waals surface area (Å²) in [6.07, 6.45) is -2.46. The molecule has 1 saturated heterocycles. The molecule has 156 valence electrons. The van der Waals surface area contributed by atoms with Crippen molar-refractivity contribution in [2.24, 2.45) is 0 Å². The number of amides is 3. The van der Waals surface area contributed by atoms with Crippen LogP contribution in [0.5, 0.6) is 0 Å². The van der Waals surface area contributed by atoms with E-state index in [4.69, 9.17) is 0 Å². The normalized spacial score (nSPS) is 15.7. The van der Waals surface area contributed by atoms with Crippen molar-refractivity contribution in [1.82, 2.24) is 4.90 Å². The SMILES string of the molecule is CCc1ccc(NC(=O)CN2C(=O)SC(=Cc3cccc(C(F)(F)F)c3)C2=O)cc1. The molecular formula is C21H17F3N2O3S. The van der Waals surface area contributed by atoms with Crippen molar-refractivity contribution in [2.45, 2.75) is 19.5 Å². The van der Waals surface area contributed by atoms with Crippen LogP contribution in [0.3, 0.4) is 0 Å². The van der Waals surface area contributed by atoms with E-state index in [0.717, 1.165) is 29.0 Å². The molecule has 9 heteroatoms. The van der Waals surface area contributed by atoms with Gasteiger partial charge in [-0.2, -0.15) is 13.2 Å². The number of carbonyl (C=O) groups excluding carboxylic acids is 3. The second-order valence-electron chi connectivity index (χ2n) is 6.49. The number of aryl methyl sites for hydroxylation is 1. The van der Waals surface area contributed by atoms with Crippen LogP contribution in [0.4, 0.5) is 23.7 Å². The van der Waals surface area contributed by atoms with Gasteiger partial charge in [-0.25, -0.2) is 0 Å². The summed E-state index contributed by atoms with van der Waals surface area (Å²) in [5, 5.41) is 1.95. The zero-order valence-corrected chi connectivity index (χ0v) is 16.6. The molecule has 0 radical (unpaired) electrons. The first-order valence-corrected chi connectivity index (χ1v) is 9.80. The maximum absolute atomic E-state index is 12.8. The molecule has 30 heavy (non-hydrogen) atoms. The van der Waals surface area contributed by atoms with Crippen LogP contribution in [0.2, 0.25) is 0 Å². The first-order valence-electron chi connectivity index (χ1n) is 8.99. The summed E-state index contributed by atoms with van der Waals surface area (Å²) in [7, 11) is 0. The van der Waals surface area contributed by atoms with Gasteiger partial charge in [0.25, 0.3) is 11.1 Å². The largest absolute Gasteiger partial charge is 0.416 e. The lowest BCUT2D eigenvalue weighted by molar-refractivity contribution is -0.137. The Morgan fingerprint density at radius 1 is 1.13 bits per heavy atom. The van der Waals surface area contributed by atoms with E-state index in [2.05, 4.69) is 5.32 Å². The molecule has 1 fully saturated rings. The highest BCUT2D eigenvalue weighted by molar-refractivity contribution is 8.18. The Kier molecular flexibility index (Phi) is 6.31. The number of hydrogen-bond acceptors (Lipinski definition) is 4. The average molecular weight is 434 g/mol. The van der Waals surface area contributed by atoms with E-state index in [-0.39, 0.29) is 10.5 Å². The third kappa shape index (κ3) is 5.10. The van der Waals surface area contributed by atoms with Crippen LogP contribution < -0.4 is 5.32 Å². The maximum Gasteiger partial charge on any atom is 0.416 e. The Balaban J connectivity index is 1.69. The highest BCUT2D eigenvalue weighted by Gasteiger charge is 2.36. The van der Waals surface area contributed by atoms with Crippen molar-refractivity contribution in [3.05, 3.63) is 70.1 Å². The number of anilines is 1. The van der Waals surface area contributed by atoms with E-state index in [1.807, 2.05) is 19.1 Å². The van der Waals surface area contributed by atoms with Gasteiger partial charge in [-0.15, -0.1) is 0 Å². The van der Waals surface area contributed by atoms with Gasteiger partial charge in [-0.3, -0.25) is 19.3 Å². The number of carbonyl (C=O) groups is 3. The zero-order chi connectivity index (χ0) is 21.9. The van der Waals surface area contributed by atoms with E-state index >= 15 is 0 Å². The fourth-order valence-corrected chi connectivity index (χ4v) is 3.60. The second-order valence-corrected chi connectivity index (χ2v) is 7.48. The third-order valence-corrected chi connectivity index (χ3v) is 5.24. The van der Waals surface area contributed by atoms with E-state index in [1.165, 1.54) is 18.2 Å². The number of nitrogens with zero attached hydrogens (tertiary/aromatic N) is 1. The summed E-state index contributed by atoms with van der Waals surface area (Å²) in [6.45, 7) is 1.51. The quantitative estimate of drug-likeness (QED) is 0.677. The molecule has 1 aliphatic rings. The second kappa shape index (κ2) is 8.74. The molecule has 0 bridgehead atoms. The average Bonchev–Trinajstić information content (AvgIpc) is 2.95. The number of hydrogen-bond donors (Lipinski definition) is 1. The number of thioether (sulfide) groups is 1. The summed E-state index contributed by atoms with van der Waals surface area (Å²) in [5.74, 6) is -1.28. The Morgan fingerprint density at radius 2 is 1.83 bits per heavy atom. The van der Waals surface area contributed by atoms with Crippen LogP contribution >= 0.6 is 11.8 Å². The van der Waals surface area contributed by atoms with Gasteiger partial charge in [-0.05, 0) is 59.7 Å².